The molecule has 0 heterocycles. The second kappa shape index (κ2) is 6.65. The molecule has 0 aromatic heterocycles. The highest BCUT2D eigenvalue weighted by atomic mass is 79.9. The Morgan fingerprint density at radius 2 is 1.84 bits per heavy atom. The topological polar surface area (TPSA) is 9.23 Å². The summed E-state index contributed by atoms with van der Waals surface area (Å²) in [6.07, 6.45) is 0. The Labute approximate surface area is 131 Å². The zero-order chi connectivity index (χ0) is 13.8. The lowest BCUT2D eigenvalue weighted by Crippen LogP contribution is -1.99. The molecule has 0 fully saturated rings. The van der Waals surface area contributed by atoms with Gasteiger partial charge in [-0.05, 0) is 30.7 Å². The SMILES string of the molecule is CCOc1ccccc1C(Br)c1ccc(Cl)c(Cl)c1. The lowest BCUT2D eigenvalue weighted by atomic mass is 10.0. The van der Waals surface area contributed by atoms with Gasteiger partial charge in [0.2, 0.25) is 0 Å². The average Bonchev–Trinajstić information content (AvgIpc) is 2.42. The fourth-order valence-corrected chi connectivity index (χ4v) is 2.80. The number of alkyl halides is 1. The van der Waals surface area contributed by atoms with Crippen LogP contribution in [0.2, 0.25) is 10.0 Å². The summed E-state index contributed by atoms with van der Waals surface area (Å²) in [6.45, 7) is 2.61. The van der Waals surface area contributed by atoms with Crippen molar-refractivity contribution in [3.05, 3.63) is 63.6 Å². The van der Waals surface area contributed by atoms with Crippen molar-refractivity contribution >= 4 is 39.1 Å². The summed E-state index contributed by atoms with van der Waals surface area (Å²) in [5.74, 6) is 0.873. The van der Waals surface area contributed by atoms with Gasteiger partial charge in [0.25, 0.3) is 0 Å². The van der Waals surface area contributed by atoms with Gasteiger partial charge in [-0.3, -0.25) is 0 Å². The quantitative estimate of drug-likeness (QED) is 0.619. The number of para-hydroxylation sites is 1. The van der Waals surface area contributed by atoms with E-state index < -0.39 is 0 Å². The van der Waals surface area contributed by atoms with E-state index in [4.69, 9.17) is 27.9 Å². The van der Waals surface area contributed by atoms with E-state index in [-0.39, 0.29) is 4.83 Å². The molecule has 0 N–H and O–H groups in total. The Bertz CT molecular complexity index is 572. The van der Waals surface area contributed by atoms with Crippen molar-refractivity contribution in [2.45, 2.75) is 11.8 Å². The Morgan fingerprint density at radius 1 is 1.11 bits per heavy atom. The predicted octanol–water partition coefficient (Wildman–Crippen LogP) is 5.88. The molecule has 0 bridgehead atoms. The number of rotatable bonds is 4. The second-order valence-corrected chi connectivity index (χ2v) is 5.74. The normalized spacial score (nSPS) is 12.2. The van der Waals surface area contributed by atoms with Gasteiger partial charge in [0.1, 0.15) is 5.75 Å². The van der Waals surface area contributed by atoms with Gasteiger partial charge >= 0.3 is 0 Å². The van der Waals surface area contributed by atoms with Gasteiger partial charge in [0, 0.05) is 5.56 Å². The Morgan fingerprint density at radius 3 is 2.53 bits per heavy atom. The monoisotopic (exact) mass is 358 g/mol. The molecular formula is C15H13BrCl2O. The summed E-state index contributed by atoms with van der Waals surface area (Å²) in [5, 5.41) is 1.11. The van der Waals surface area contributed by atoms with E-state index in [1.165, 1.54) is 0 Å². The smallest absolute Gasteiger partial charge is 0.123 e. The standard InChI is InChI=1S/C15H13BrCl2O/c1-2-19-14-6-4-3-5-11(14)15(16)10-7-8-12(17)13(18)9-10/h3-9,15H,2H2,1H3. The molecule has 2 aromatic rings. The highest BCUT2D eigenvalue weighted by Crippen LogP contribution is 2.38. The summed E-state index contributed by atoms with van der Waals surface area (Å²) in [6, 6.07) is 13.6. The van der Waals surface area contributed by atoms with Gasteiger partial charge in [-0.2, -0.15) is 0 Å². The highest BCUT2D eigenvalue weighted by molar-refractivity contribution is 9.09. The molecule has 0 saturated carbocycles. The van der Waals surface area contributed by atoms with Crippen molar-refractivity contribution in [2.75, 3.05) is 6.61 Å². The second-order valence-electron chi connectivity index (χ2n) is 4.01. The third-order valence-corrected chi connectivity index (χ3v) is 4.49. The zero-order valence-electron chi connectivity index (χ0n) is 10.4. The van der Waals surface area contributed by atoms with Crippen molar-refractivity contribution < 1.29 is 4.74 Å². The van der Waals surface area contributed by atoms with E-state index in [0.29, 0.717) is 16.7 Å². The van der Waals surface area contributed by atoms with Gasteiger partial charge in [-0.15, -0.1) is 0 Å². The van der Waals surface area contributed by atoms with Crippen LogP contribution in [0, 0.1) is 0 Å². The van der Waals surface area contributed by atoms with Crippen molar-refractivity contribution in [1.82, 2.24) is 0 Å². The summed E-state index contributed by atoms with van der Waals surface area (Å²) in [5.41, 5.74) is 2.12. The largest absolute Gasteiger partial charge is 0.494 e. The molecule has 4 heteroatoms. The summed E-state index contributed by atoms with van der Waals surface area (Å²) < 4.78 is 5.64. The maximum Gasteiger partial charge on any atom is 0.123 e. The molecule has 1 atom stereocenters. The fourth-order valence-electron chi connectivity index (χ4n) is 1.83. The minimum absolute atomic E-state index is 0.0185. The van der Waals surface area contributed by atoms with Crippen LogP contribution in [0.5, 0.6) is 5.75 Å². The number of ether oxygens (including phenoxy) is 1. The van der Waals surface area contributed by atoms with Crippen LogP contribution in [0.3, 0.4) is 0 Å². The first-order chi connectivity index (χ1) is 9.13. The first kappa shape index (κ1) is 14.7. The van der Waals surface area contributed by atoms with Gasteiger partial charge in [0.15, 0.2) is 0 Å². The van der Waals surface area contributed by atoms with E-state index in [2.05, 4.69) is 15.9 Å². The molecule has 19 heavy (non-hydrogen) atoms. The zero-order valence-corrected chi connectivity index (χ0v) is 13.5. The lowest BCUT2D eigenvalue weighted by Gasteiger charge is -2.16. The predicted molar refractivity (Wildman–Crippen MR) is 84.8 cm³/mol. The molecule has 2 aromatic carbocycles. The Balaban J connectivity index is 2.37. The van der Waals surface area contributed by atoms with Crippen molar-refractivity contribution in [2.24, 2.45) is 0 Å². The van der Waals surface area contributed by atoms with Crippen LogP contribution in [-0.4, -0.2) is 6.61 Å². The van der Waals surface area contributed by atoms with E-state index in [9.17, 15) is 0 Å². The number of hydrogen-bond acceptors (Lipinski definition) is 1. The molecular weight excluding hydrogens is 347 g/mol. The van der Waals surface area contributed by atoms with Crippen LogP contribution in [0.15, 0.2) is 42.5 Å². The molecule has 0 radical (unpaired) electrons. The molecule has 0 spiro atoms. The van der Waals surface area contributed by atoms with Gasteiger partial charge in [-0.1, -0.05) is 63.4 Å². The summed E-state index contributed by atoms with van der Waals surface area (Å²) in [7, 11) is 0. The number of hydrogen-bond donors (Lipinski definition) is 0. The van der Waals surface area contributed by atoms with Crippen LogP contribution < -0.4 is 4.74 Å². The van der Waals surface area contributed by atoms with E-state index in [1.807, 2.05) is 43.3 Å². The van der Waals surface area contributed by atoms with Gasteiger partial charge in [0.05, 0.1) is 21.5 Å². The third-order valence-electron chi connectivity index (χ3n) is 2.73. The van der Waals surface area contributed by atoms with Crippen LogP contribution in [-0.2, 0) is 0 Å². The maximum absolute atomic E-state index is 6.06. The van der Waals surface area contributed by atoms with Gasteiger partial charge < -0.3 is 4.74 Å². The molecule has 100 valence electrons. The fraction of sp³-hybridized carbons (Fsp3) is 0.200. The minimum Gasteiger partial charge on any atom is -0.494 e. The van der Waals surface area contributed by atoms with Crippen molar-refractivity contribution in [3.8, 4) is 5.75 Å². The molecule has 1 unspecified atom stereocenters. The molecule has 0 amide bonds. The average molecular weight is 360 g/mol. The first-order valence-electron chi connectivity index (χ1n) is 5.94. The molecule has 2 rings (SSSR count). The Kier molecular flexibility index (Phi) is 5.14. The van der Waals surface area contributed by atoms with Crippen LogP contribution in [0.1, 0.15) is 22.9 Å². The molecule has 1 nitrogen and oxygen atoms in total. The lowest BCUT2D eigenvalue weighted by molar-refractivity contribution is 0.337. The number of halogens is 3. The van der Waals surface area contributed by atoms with Crippen molar-refractivity contribution in [3.63, 3.8) is 0 Å². The van der Waals surface area contributed by atoms with E-state index in [1.54, 1.807) is 6.07 Å². The first-order valence-corrected chi connectivity index (χ1v) is 7.61. The maximum atomic E-state index is 6.06. The van der Waals surface area contributed by atoms with Gasteiger partial charge in [-0.25, -0.2) is 0 Å². The highest BCUT2D eigenvalue weighted by Gasteiger charge is 2.15. The van der Waals surface area contributed by atoms with E-state index in [0.717, 1.165) is 16.9 Å². The van der Waals surface area contributed by atoms with Crippen LogP contribution >= 0.6 is 39.1 Å². The Hall–Kier alpha value is -0.700. The molecule has 0 aliphatic carbocycles. The van der Waals surface area contributed by atoms with E-state index >= 15 is 0 Å². The van der Waals surface area contributed by atoms with Crippen LogP contribution in [0.25, 0.3) is 0 Å². The molecule has 0 aliphatic heterocycles. The molecule has 0 saturated heterocycles. The summed E-state index contributed by atoms with van der Waals surface area (Å²) in [4.78, 5) is 0.0185. The third kappa shape index (κ3) is 3.44. The van der Waals surface area contributed by atoms with Crippen molar-refractivity contribution in [1.29, 1.82) is 0 Å². The minimum atomic E-state index is 0.0185. The summed E-state index contributed by atoms with van der Waals surface area (Å²) >= 11 is 15.7. The molecule has 0 aliphatic rings. The van der Waals surface area contributed by atoms with Crippen LogP contribution in [0.4, 0.5) is 0 Å². The number of benzene rings is 2.